The highest BCUT2D eigenvalue weighted by Gasteiger charge is 2.11. The molecule has 0 unspecified atom stereocenters. The van der Waals surface area contributed by atoms with Gasteiger partial charge in [-0.15, -0.1) is 11.3 Å². The first-order valence-electron chi connectivity index (χ1n) is 7.11. The minimum atomic E-state index is 0.765. The standard InChI is InChI=1S/C16H21NOS2/c1-3-5-14-15(11-19)20-16(17-14)12-6-8-13(9-7-12)18-10-4-2/h6-9,19H,3-5,10-11H2,1-2H3. The average molecular weight is 307 g/mol. The summed E-state index contributed by atoms with van der Waals surface area (Å²) in [5, 5.41) is 1.08. The molecule has 0 spiro atoms. The third-order valence-corrected chi connectivity index (χ3v) is 4.66. The number of thiazole rings is 1. The molecule has 1 aromatic heterocycles. The molecule has 0 aliphatic rings. The molecule has 0 aliphatic carbocycles. The fourth-order valence-electron chi connectivity index (χ4n) is 1.98. The Labute approximate surface area is 130 Å². The number of nitrogens with zero attached hydrogens (tertiary/aromatic N) is 1. The van der Waals surface area contributed by atoms with E-state index < -0.39 is 0 Å². The van der Waals surface area contributed by atoms with Crippen LogP contribution in [-0.2, 0) is 12.2 Å². The summed E-state index contributed by atoms with van der Waals surface area (Å²) in [5.41, 5.74) is 2.36. The lowest BCUT2D eigenvalue weighted by Gasteiger charge is -2.04. The molecule has 2 rings (SSSR count). The number of rotatable bonds is 7. The largest absolute Gasteiger partial charge is 0.494 e. The van der Waals surface area contributed by atoms with Gasteiger partial charge in [0, 0.05) is 16.2 Å². The van der Waals surface area contributed by atoms with Crippen LogP contribution < -0.4 is 4.74 Å². The van der Waals surface area contributed by atoms with E-state index in [1.54, 1.807) is 11.3 Å². The van der Waals surface area contributed by atoms with Gasteiger partial charge in [-0.3, -0.25) is 0 Å². The van der Waals surface area contributed by atoms with E-state index in [1.165, 1.54) is 10.6 Å². The van der Waals surface area contributed by atoms with E-state index in [4.69, 9.17) is 9.72 Å². The molecule has 1 aromatic carbocycles. The predicted molar refractivity (Wildman–Crippen MR) is 90.0 cm³/mol. The van der Waals surface area contributed by atoms with Gasteiger partial charge in [-0.25, -0.2) is 4.98 Å². The smallest absolute Gasteiger partial charge is 0.123 e. The van der Waals surface area contributed by atoms with Gasteiger partial charge in [-0.2, -0.15) is 12.6 Å². The zero-order valence-electron chi connectivity index (χ0n) is 12.1. The van der Waals surface area contributed by atoms with Gasteiger partial charge in [-0.1, -0.05) is 20.3 Å². The molecule has 2 nitrogen and oxygen atoms in total. The van der Waals surface area contributed by atoms with Crippen molar-refractivity contribution >= 4 is 24.0 Å². The molecule has 0 saturated carbocycles. The zero-order valence-corrected chi connectivity index (χ0v) is 13.8. The van der Waals surface area contributed by atoms with Crippen LogP contribution in [0.2, 0.25) is 0 Å². The summed E-state index contributed by atoms with van der Waals surface area (Å²) >= 11 is 6.15. The van der Waals surface area contributed by atoms with Crippen molar-refractivity contribution in [1.82, 2.24) is 4.98 Å². The molecule has 20 heavy (non-hydrogen) atoms. The van der Waals surface area contributed by atoms with Crippen LogP contribution in [0.5, 0.6) is 5.75 Å². The van der Waals surface area contributed by atoms with Gasteiger partial charge in [0.15, 0.2) is 0 Å². The Morgan fingerprint density at radius 1 is 1.15 bits per heavy atom. The molecule has 4 heteroatoms. The Morgan fingerprint density at radius 2 is 1.90 bits per heavy atom. The first-order valence-corrected chi connectivity index (χ1v) is 8.56. The summed E-state index contributed by atoms with van der Waals surface area (Å²) < 4.78 is 5.61. The normalized spacial score (nSPS) is 10.8. The maximum atomic E-state index is 5.61. The fraction of sp³-hybridized carbons (Fsp3) is 0.438. The van der Waals surface area contributed by atoms with Crippen molar-refractivity contribution in [2.75, 3.05) is 6.61 Å². The highest BCUT2D eigenvalue weighted by atomic mass is 32.1. The van der Waals surface area contributed by atoms with Gasteiger partial charge in [-0.05, 0) is 37.1 Å². The van der Waals surface area contributed by atoms with Crippen LogP contribution in [0.25, 0.3) is 10.6 Å². The van der Waals surface area contributed by atoms with Crippen LogP contribution in [0, 0.1) is 0 Å². The highest BCUT2D eigenvalue weighted by molar-refractivity contribution is 7.79. The molecular formula is C16H21NOS2. The predicted octanol–water partition coefficient (Wildman–Crippen LogP) is 4.98. The SMILES string of the molecule is CCCOc1ccc(-c2nc(CCC)c(CS)s2)cc1. The summed E-state index contributed by atoms with van der Waals surface area (Å²) in [6.45, 7) is 5.06. The summed E-state index contributed by atoms with van der Waals surface area (Å²) in [5.74, 6) is 1.69. The number of ether oxygens (including phenoxy) is 1. The maximum absolute atomic E-state index is 5.61. The van der Waals surface area contributed by atoms with Crippen LogP contribution in [-0.4, -0.2) is 11.6 Å². The lowest BCUT2D eigenvalue weighted by molar-refractivity contribution is 0.317. The van der Waals surface area contributed by atoms with Gasteiger partial charge in [0.2, 0.25) is 0 Å². The van der Waals surface area contributed by atoms with Crippen LogP contribution in [0.4, 0.5) is 0 Å². The Hall–Kier alpha value is -1.00. The number of hydrogen-bond donors (Lipinski definition) is 1. The number of thiol groups is 1. The lowest BCUT2D eigenvalue weighted by Crippen LogP contribution is -1.94. The molecule has 1 heterocycles. The number of hydrogen-bond acceptors (Lipinski definition) is 4. The molecule has 0 fully saturated rings. The lowest BCUT2D eigenvalue weighted by atomic mass is 10.2. The van der Waals surface area contributed by atoms with Crippen molar-refractivity contribution in [3.05, 3.63) is 34.8 Å². The Morgan fingerprint density at radius 3 is 2.50 bits per heavy atom. The van der Waals surface area contributed by atoms with Gasteiger partial charge >= 0.3 is 0 Å². The summed E-state index contributed by atoms with van der Waals surface area (Å²) in [4.78, 5) is 6.05. The molecular weight excluding hydrogens is 286 g/mol. The Kier molecular flexibility index (Phi) is 5.92. The van der Waals surface area contributed by atoms with E-state index in [9.17, 15) is 0 Å². The van der Waals surface area contributed by atoms with Gasteiger partial charge < -0.3 is 4.74 Å². The van der Waals surface area contributed by atoms with Crippen LogP contribution in [0.15, 0.2) is 24.3 Å². The van der Waals surface area contributed by atoms with E-state index in [1.807, 2.05) is 12.1 Å². The topological polar surface area (TPSA) is 22.1 Å². The van der Waals surface area contributed by atoms with E-state index >= 15 is 0 Å². The van der Waals surface area contributed by atoms with Crippen molar-refractivity contribution in [2.24, 2.45) is 0 Å². The second kappa shape index (κ2) is 7.70. The van der Waals surface area contributed by atoms with E-state index in [0.29, 0.717) is 0 Å². The summed E-state index contributed by atoms with van der Waals surface area (Å²) in [6.07, 6.45) is 3.18. The molecule has 0 saturated heterocycles. The molecule has 0 bridgehead atoms. The van der Waals surface area contributed by atoms with Crippen molar-refractivity contribution < 1.29 is 4.74 Å². The molecule has 0 N–H and O–H groups in total. The molecule has 0 amide bonds. The third-order valence-electron chi connectivity index (χ3n) is 2.98. The zero-order chi connectivity index (χ0) is 14.4. The highest BCUT2D eigenvalue weighted by Crippen LogP contribution is 2.30. The van der Waals surface area contributed by atoms with Crippen LogP contribution >= 0.6 is 24.0 Å². The molecule has 0 atom stereocenters. The van der Waals surface area contributed by atoms with Gasteiger partial charge in [0.25, 0.3) is 0 Å². The number of benzene rings is 1. The number of aryl methyl sites for hydroxylation is 1. The van der Waals surface area contributed by atoms with E-state index in [-0.39, 0.29) is 0 Å². The van der Waals surface area contributed by atoms with E-state index in [2.05, 4.69) is 38.6 Å². The molecule has 0 radical (unpaired) electrons. The molecule has 2 aromatic rings. The number of aromatic nitrogens is 1. The summed E-state index contributed by atoms with van der Waals surface area (Å²) in [7, 11) is 0. The monoisotopic (exact) mass is 307 g/mol. The quantitative estimate of drug-likeness (QED) is 0.729. The minimum Gasteiger partial charge on any atom is -0.494 e. The Balaban J connectivity index is 2.18. The van der Waals surface area contributed by atoms with Crippen molar-refractivity contribution in [3.8, 4) is 16.3 Å². The van der Waals surface area contributed by atoms with Crippen molar-refractivity contribution in [3.63, 3.8) is 0 Å². The first-order chi connectivity index (χ1) is 9.78. The van der Waals surface area contributed by atoms with Crippen molar-refractivity contribution in [2.45, 2.75) is 38.9 Å². The van der Waals surface area contributed by atoms with Gasteiger partial charge in [0.1, 0.15) is 10.8 Å². The first kappa shape index (κ1) is 15.4. The van der Waals surface area contributed by atoms with Crippen molar-refractivity contribution in [1.29, 1.82) is 0 Å². The second-order valence-corrected chi connectivity index (χ2v) is 6.07. The van der Waals surface area contributed by atoms with Gasteiger partial charge in [0.05, 0.1) is 12.3 Å². The molecule has 0 aliphatic heterocycles. The Bertz CT molecular complexity index is 534. The van der Waals surface area contributed by atoms with Crippen LogP contribution in [0.3, 0.4) is 0 Å². The average Bonchev–Trinajstić information content (AvgIpc) is 2.89. The molecule has 108 valence electrons. The fourth-order valence-corrected chi connectivity index (χ4v) is 3.33. The minimum absolute atomic E-state index is 0.765. The van der Waals surface area contributed by atoms with Crippen LogP contribution in [0.1, 0.15) is 37.3 Å². The third kappa shape index (κ3) is 3.76. The van der Waals surface area contributed by atoms with E-state index in [0.717, 1.165) is 47.9 Å². The second-order valence-electron chi connectivity index (χ2n) is 4.67. The summed E-state index contributed by atoms with van der Waals surface area (Å²) in [6, 6.07) is 8.21. The maximum Gasteiger partial charge on any atom is 0.123 e.